The molecule has 1 rings (SSSR count). The molecule has 0 unspecified atom stereocenters. The molecule has 0 fully saturated rings. The van der Waals surface area contributed by atoms with E-state index in [0.29, 0.717) is 0 Å². The zero-order chi connectivity index (χ0) is 8.43. The van der Waals surface area contributed by atoms with Crippen LogP contribution in [0, 0.1) is 13.8 Å². The highest BCUT2D eigenvalue weighted by molar-refractivity contribution is 7.84. The van der Waals surface area contributed by atoms with Crippen molar-refractivity contribution in [3.05, 3.63) is 26.3 Å². The van der Waals surface area contributed by atoms with Gasteiger partial charge in [-0.25, -0.2) is 0 Å². The van der Waals surface area contributed by atoms with Crippen LogP contribution in [0.15, 0.2) is 11.0 Å². The summed E-state index contributed by atoms with van der Waals surface area (Å²) < 4.78 is 0. The van der Waals surface area contributed by atoms with Gasteiger partial charge in [0.15, 0.2) is 0 Å². The van der Waals surface area contributed by atoms with E-state index in [0.717, 1.165) is 4.91 Å². The zero-order valence-corrected chi connectivity index (χ0v) is 8.72. The Morgan fingerprint density at radius 3 is 2.55 bits per heavy atom. The van der Waals surface area contributed by atoms with Crippen LogP contribution in [-0.2, 0) is 0 Å². The SMILES string of the molecule is C/C(S)=C/c1sc(C)cc1C. The van der Waals surface area contributed by atoms with Gasteiger partial charge in [-0.2, -0.15) is 0 Å². The van der Waals surface area contributed by atoms with Crippen molar-refractivity contribution < 1.29 is 0 Å². The minimum Gasteiger partial charge on any atom is -0.148 e. The summed E-state index contributed by atoms with van der Waals surface area (Å²) in [6.45, 7) is 6.26. The average Bonchev–Trinajstić information content (AvgIpc) is 2.09. The maximum atomic E-state index is 4.23. The van der Waals surface area contributed by atoms with Crippen molar-refractivity contribution in [2.75, 3.05) is 0 Å². The van der Waals surface area contributed by atoms with Crippen LogP contribution < -0.4 is 0 Å². The van der Waals surface area contributed by atoms with Crippen LogP contribution in [-0.4, -0.2) is 0 Å². The van der Waals surface area contributed by atoms with E-state index in [4.69, 9.17) is 0 Å². The smallest absolute Gasteiger partial charge is 0.0310 e. The monoisotopic (exact) mass is 184 g/mol. The fraction of sp³-hybridized carbons (Fsp3) is 0.333. The first-order chi connectivity index (χ1) is 5.09. The number of aryl methyl sites for hydroxylation is 2. The number of rotatable bonds is 1. The van der Waals surface area contributed by atoms with Gasteiger partial charge < -0.3 is 0 Å². The van der Waals surface area contributed by atoms with Gasteiger partial charge in [0.05, 0.1) is 0 Å². The molecule has 0 nitrogen and oxygen atoms in total. The Bertz CT molecular complexity index is 278. The predicted octanol–water partition coefficient (Wildman–Crippen LogP) is 3.66. The minimum atomic E-state index is 1.06. The van der Waals surface area contributed by atoms with Gasteiger partial charge >= 0.3 is 0 Å². The molecular weight excluding hydrogens is 172 g/mol. The van der Waals surface area contributed by atoms with Crippen LogP contribution in [0.4, 0.5) is 0 Å². The molecule has 1 aromatic heterocycles. The summed E-state index contributed by atoms with van der Waals surface area (Å²) >= 11 is 6.05. The van der Waals surface area contributed by atoms with Gasteiger partial charge in [0, 0.05) is 9.75 Å². The predicted molar refractivity (Wildman–Crippen MR) is 56.4 cm³/mol. The summed E-state index contributed by atoms with van der Waals surface area (Å²) in [5.74, 6) is 0. The van der Waals surface area contributed by atoms with E-state index in [-0.39, 0.29) is 0 Å². The Morgan fingerprint density at radius 1 is 1.55 bits per heavy atom. The molecule has 0 aliphatic carbocycles. The zero-order valence-electron chi connectivity index (χ0n) is 7.01. The Balaban J connectivity index is 3.04. The standard InChI is InChI=1S/C9H12S2/c1-6-4-8(3)11-9(6)5-7(2)10/h4-5,10H,1-3H3/b7-5-. The molecule has 0 amide bonds. The van der Waals surface area contributed by atoms with Gasteiger partial charge in [0.1, 0.15) is 0 Å². The third-order valence-electron chi connectivity index (χ3n) is 1.42. The second-order valence-electron chi connectivity index (χ2n) is 2.69. The van der Waals surface area contributed by atoms with Crippen LogP contribution in [0.5, 0.6) is 0 Å². The Labute approximate surface area is 77.4 Å². The first-order valence-electron chi connectivity index (χ1n) is 3.54. The first-order valence-corrected chi connectivity index (χ1v) is 4.80. The van der Waals surface area contributed by atoms with Gasteiger partial charge in [-0.3, -0.25) is 0 Å². The van der Waals surface area contributed by atoms with Crippen molar-refractivity contribution in [2.24, 2.45) is 0 Å². The topological polar surface area (TPSA) is 0 Å². The van der Waals surface area contributed by atoms with Crippen LogP contribution in [0.25, 0.3) is 6.08 Å². The summed E-state index contributed by atoms with van der Waals surface area (Å²) in [6, 6.07) is 2.20. The first kappa shape index (κ1) is 8.88. The molecule has 0 saturated carbocycles. The lowest BCUT2D eigenvalue weighted by molar-refractivity contribution is 1.49. The molecule has 0 spiro atoms. The lowest BCUT2D eigenvalue weighted by Crippen LogP contribution is -1.67. The highest BCUT2D eigenvalue weighted by Gasteiger charge is 1.98. The normalized spacial score (nSPS) is 12.2. The molecule has 60 valence electrons. The summed E-state index contributed by atoms with van der Waals surface area (Å²) in [4.78, 5) is 3.76. The van der Waals surface area contributed by atoms with E-state index in [2.05, 4.69) is 38.6 Å². The van der Waals surface area contributed by atoms with E-state index < -0.39 is 0 Å². The second-order valence-corrected chi connectivity index (χ2v) is 4.68. The Kier molecular flexibility index (Phi) is 2.79. The van der Waals surface area contributed by atoms with Crippen LogP contribution in [0.3, 0.4) is 0 Å². The van der Waals surface area contributed by atoms with E-state index in [1.807, 2.05) is 18.3 Å². The summed E-state index contributed by atoms with van der Waals surface area (Å²) in [6.07, 6.45) is 2.11. The number of allylic oxidation sites excluding steroid dienone is 1. The molecule has 0 bridgehead atoms. The van der Waals surface area contributed by atoms with Crippen molar-refractivity contribution in [1.29, 1.82) is 0 Å². The summed E-state index contributed by atoms with van der Waals surface area (Å²) in [7, 11) is 0. The molecular formula is C9H12S2. The van der Waals surface area contributed by atoms with Gasteiger partial charge in [-0.1, -0.05) is 0 Å². The number of thiophene rings is 1. The fourth-order valence-corrected chi connectivity index (χ4v) is 2.25. The van der Waals surface area contributed by atoms with Gasteiger partial charge in [0.2, 0.25) is 0 Å². The molecule has 0 saturated heterocycles. The Hall–Kier alpha value is -0.210. The largest absolute Gasteiger partial charge is 0.148 e. The summed E-state index contributed by atoms with van der Waals surface area (Å²) in [5.41, 5.74) is 1.35. The molecule has 1 aromatic rings. The fourth-order valence-electron chi connectivity index (χ4n) is 0.992. The van der Waals surface area contributed by atoms with Crippen molar-refractivity contribution in [3.63, 3.8) is 0 Å². The molecule has 0 aliphatic heterocycles. The van der Waals surface area contributed by atoms with Crippen molar-refractivity contribution in [1.82, 2.24) is 0 Å². The van der Waals surface area contributed by atoms with Crippen molar-refractivity contribution in [2.45, 2.75) is 20.8 Å². The van der Waals surface area contributed by atoms with E-state index in [1.54, 1.807) is 0 Å². The number of hydrogen-bond acceptors (Lipinski definition) is 2. The molecule has 11 heavy (non-hydrogen) atoms. The van der Waals surface area contributed by atoms with E-state index in [1.165, 1.54) is 15.3 Å². The second kappa shape index (κ2) is 3.46. The van der Waals surface area contributed by atoms with Crippen LogP contribution in [0.2, 0.25) is 0 Å². The number of thiol groups is 1. The van der Waals surface area contributed by atoms with Crippen molar-refractivity contribution in [3.8, 4) is 0 Å². The van der Waals surface area contributed by atoms with Crippen molar-refractivity contribution >= 4 is 30.0 Å². The lowest BCUT2D eigenvalue weighted by atomic mass is 10.2. The van der Waals surface area contributed by atoms with E-state index >= 15 is 0 Å². The lowest BCUT2D eigenvalue weighted by Gasteiger charge is -1.89. The third kappa shape index (κ3) is 2.38. The molecule has 0 atom stereocenters. The Morgan fingerprint density at radius 2 is 2.18 bits per heavy atom. The minimum absolute atomic E-state index is 1.06. The van der Waals surface area contributed by atoms with Gasteiger partial charge in [-0.05, 0) is 43.4 Å². The van der Waals surface area contributed by atoms with Gasteiger partial charge in [-0.15, -0.1) is 24.0 Å². The third-order valence-corrected chi connectivity index (χ3v) is 2.65. The number of hydrogen-bond donors (Lipinski definition) is 1. The van der Waals surface area contributed by atoms with Crippen LogP contribution >= 0.6 is 24.0 Å². The molecule has 2 heteroatoms. The molecule has 0 aliphatic rings. The summed E-state index contributed by atoms with van der Waals surface area (Å²) in [5, 5.41) is 0. The molecule has 0 radical (unpaired) electrons. The maximum absolute atomic E-state index is 4.23. The van der Waals surface area contributed by atoms with E-state index in [9.17, 15) is 0 Å². The highest BCUT2D eigenvalue weighted by Crippen LogP contribution is 2.23. The molecule has 0 aromatic carbocycles. The van der Waals surface area contributed by atoms with Gasteiger partial charge in [0.25, 0.3) is 0 Å². The molecule has 0 N–H and O–H groups in total. The quantitative estimate of drug-likeness (QED) is 0.633. The molecule has 1 heterocycles. The average molecular weight is 184 g/mol. The maximum Gasteiger partial charge on any atom is 0.0310 e. The van der Waals surface area contributed by atoms with Crippen LogP contribution in [0.1, 0.15) is 22.2 Å². The highest BCUT2D eigenvalue weighted by atomic mass is 32.1.